The second kappa shape index (κ2) is 4.79. The highest BCUT2D eigenvalue weighted by Gasteiger charge is 2.50. The SMILES string of the molecule is CC(C)(c1ccccc1)c1ccc2c(n1)C2(C)c1ccccc1. The van der Waals surface area contributed by atoms with Gasteiger partial charge in [0.15, 0.2) is 0 Å². The van der Waals surface area contributed by atoms with E-state index in [0.717, 1.165) is 5.69 Å². The molecule has 0 saturated carbocycles. The zero-order chi connectivity index (χ0) is 16.1. The Morgan fingerprint density at radius 1 is 0.783 bits per heavy atom. The molecule has 2 aromatic carbocycles. The van der Waals surface area contributed by atoms with Crippen molar-refractivity contribution in [1.29, 1.82) is 0 Å². The van der Waals surface area contributed by atoms with E-state index in [2.05, 4.69) is 93.6 Å². The second-order valence-electron chi connectivity index (χ2n) is 7.07. The molecule has 0 bridgehead atoms. The Kier molecular flexibility index (Phi) is 2.96. The maximum Gasteiger partial charge on any atom is 0.0617 e. The molecule has 0 saturated heterocycles. The number of pyridine rings is 1. The van der Waals surface area contributed by atoms with Gasteiger partial charge < -0.3 is 0 Å². The minimum atomic E-state index is -0.0868. The van der Waals surface area contributed by atoms with Crippen LogP contribution >= 0.6 is 0 Å². The van der Waals surface area contributed by atoms with Crippen molar-refractivity contribution in [1.82, 2.24) is 4.98 Å². The second-order valence-corrected chi connectivity index (χ2v) is 7.07. The highest BCUT2D eigenvalue weighted by molar-refractivity contribution is 5.64. The number of rotatable bonds is 3. The first-order chi connectivity index (χ1) is 11.0. The van der Waals surface area contributed by atoms with Crippen LogP contribution in [0.2, 0.25) is 0 Å². The number of hydrogen-bond donors (Lipinski definition) is 0. The number of benzene rings is 2. The van der Waals surface area contributed by atoms with Crippen LogP contribution in [0.1, 0.15) is 48.8 Å². The van der Waals surface area contributed by atoms with E-state index in [0.29, 0.717) is 0 Å². The zero-order valence-electron chi connectivity index (χ0n) is 13.9. The van der Waals surface area contributed by atoms with Crippen molar-refractivity contribution >= 4 is 0 Å². The maximum absolute atomic E-state index is 5.04. The molecule has 0 aliphatic heterocycles. The minimum absolute atomic E-state index is 0.00766. The smallest absolute Gasteiger partial charge is 0.0617 e. The molecule has 1 aliphatic carbocycles. The summed E-state index contributed by atoms with van der Waals surface area (Å²) in [4.78, 5) is 5.04. The van der Waals surface area contributed by atoms with Crippen molar-refractivity contribution in [2.45, 2.75) is 31.6 Å². The van der Waals surface area contributed by atoms with E-state index in [-0.39, 0.29) is 10.8 Å². The molecule has 0 amide bonds. The van der Waals surface area contributed by atoms with Crippen LogP contribution in [0.25, 0.3) is 0 Å². The van der Waals surface area contributed by atoms with Gasteiger partial charge in [0.1, 0.15) is 0 Å². The Morgan fingerprint density at radius 2 is 1.39 bits per heavy atom. The Morgan fingerprint density at radius 3 is 2.04 bits per heavy atom. The Balaban J connectivity index is 1.75. The van der Waals surface area contributed by atoms with Crippen molar-refractivity contribution in [3.8, 4) is 0 Å². The van der Waals surface area contributed by atoms with Gasteiger partial charge in [0.2, 0.25) is 0 Å². The lowest BCUT2D eigenvalue weighted by Gasteiger charge is -2.24. The Labute approximate surface area is 138 Å². The highest BCUT2D eigenvalue weighted by atomic mass is 14.8. The Bertz CT molecular complexity index is 850. The quantitative estimate of drug-likeness (QED) is 0.657. The first-order valence-corrected chi connectivity index (χ1v) is 8.18. The number of aromatic nitrogens is 1. The Hall–Kier alpha value is -2.41. The summed E-state index contributed by atoms with van der Waals surface area (Å²) in [6.45, 7) is 6.78. The molecule has 0 spiro atoms. The van der Waals surface area contributed by atoms with Gasteiger partial charge in [0.25, 0.3) is 0 Å². The number of hydrogen-bond acceptors (Lipinski definition) is 1. The van der Waals surface area contributed by atoms with Gasteiger partial charge in [-0.15, -0.1) is 0 Å². The lowest BCUT2D eigenvalue weighted by molar-refractivity contribution is 0.615. The van der Waals surface area contributed by atoms with E-state index in [1.165, 1.54) is 22.4 Å². The summed E-state index contributed by atoms with van der Waals surface area (Å²) < 4.78 is 0. The largest absolute Gasteiger partial charge is 0.255 e. The van der Waals surface area contributed by atoms with Gasteiger partial charge in [-0.25, -0.2) is 0 Å². The molecule has 3 aromatic rings. The van der Waals surface area contributed by atoms with Gasteiger partial charge in [-0.1, -0.05) is 80.6 Å². The van der Waals surface area contributed by atoms with Crippen LogP contribution in [0.4, 0.5) is 0 Å². The van der Waals surface area contributed by atoms with E-state index in [1.54, 1.807) is 0 Å². The lowest BCUT2D eigenvalue weighted by atomic mass is 9.81. The molecule has 0 N–H and O–H groups in total. The summed E-state index contributed by atoms with van der Waals surface area (Å²) >= 11 is 0. The van der Waals surface area contributed by atoms with Gasteiger partial charge in [0, 0.05) is 5.41 Å². The zero-order valence-corrected chi connectivity index (χ0v) is 13.9. The third-order valence-corrected chi connectivity index (χ3v) is 5.33. The predicted octanol–water partition coefficient (Wildman–Crippen LogP) is 5.08. The van der Waals surface area contributed by atoms with E-state index in [1.807, 2.05) is 0 Å². The molecule has 114 valence electrons. The third kappa shape index (κ3) is 2.03. The summed E-state index contributed by atoms with van der Waals surface area (Å²) in [5, 5.41) is 0. The van der Waals surface area contributed by atoms with Crippen LogP contribution < -0.4 is 0 Å². The standard InChI is InChI=1S/C22H21N/c1-21(2,16-10-6-4-7-11-16)19-15-14-18-20(23-19)22(18,3)17-12-8-5-9-13-17/h4-15H,1-3H3. The van der Waals surface area contributed by atoms with Crippen molar-refractivity contribution in [2.24, 2.45) is 0 Å². The molecule has 1 aliphatic rings. The van der Waals surface area contributed by atoms with Gasteiger partial charge in [-0.3, -0.25) is 4.98 Å². The van der Waals surface area contributed by atoms with Crippen molar-refractivity contribution in [3.05, 3.63) is 101 Å². The molecule has 1 aromatic heterocycles. The molecule has 1 heteroatoms. The van der Waals surface area contributed by atoms with Crippen LogP contribution in [-0.2, 0) is 10.8 Å². The van der Waals surface area contributed by atoms with Crippen molar-refractivity contribution in [3.63, 3.8) is 0 Å². The molecule has 23 heavy (non-hydrogen) atoms. The lowest BCUT2D eigenvalue weighted by Crippen LogP contribution is -2.20. The van der Waals surface area contributed by atoms with Crippen LogP contribution in [0.3, 0.4) is 0 Å². The van der Waals surface area contributed by atoms with Crippen LogP contribution in [0.15, 0.2) is 72.8 Å². The molecular weight excluding hydrogens is 278 g/mol. The van der Waals surface area contributed by atoms with Crippen molar-refractivity contribution in [2.75, 3.05) is 0 Å². The minimum Gasteiger partial charge on any atom is -0.255 e. The molecule has 1 atom stereocenters. The maximum atomic E-state index is 5.04. The van der Waals surface area contributed by atoms with Crippen LogP contribution in [-0.4, -0.2) is 4.98 Å². The summed E-state index contributed by atoms with van der Waals surface area (Å²) in [5.74, 6) is 0. The van der Waals surface area contributed by atoms with Gasteiger partial charge in [-0.05, 0) is 29.7 Å². The van der Waals surface area contributed by atoms with Crippen LogP contribution in [0, 0.1) is 0 Å². The normalized spacial score (nSPS) is 19.3. The van der Waals surface area contributed by atoms with Gasteiger partial charge >= 0.3 is 0 Å². The molecular formula is C22H21N. The summed E-state index contributed by atoms with van der Waals surface area (Å²) in [7, 11) is 0. The average molecular weight is 299 g/mol. The monoisotopic (exact) mass is 299 g/mol. The number of nitrogens with zero attached hydrogens (tertiary/aromatic N) is 1. The predicted molar refractivity (Wildman–Crippen MR) is 94.8 cm³/mol. The average Bonchev–Trinajstić information content (AvgIpc) is 3.22. The first kappa shape index (κ1) is 14.2. The van der Waals surface area contributed by atoms with Gasteiger partial charge in [-0.2, -0.15) is 0 Å². The highest BCUT2D eigenvalue weighted by Crippen LogP contribution is 2.53. The van der Waals surface area contributed by atoms with E-state index in [9.17, 15) is 0 Å². The molecule has 0 fully saturated rings. The topological polar surface area (TPSA) is 12.9 Å². The van der Waals surface area contributed by atoms with Crippen LogP contribution in [0.5, 0.6) is 0 Å². The van der Waals surface area contributed by atoms with E-state index < -0.39 is 0 Å². The summed E-state index contributed by atoms with van der Waals surface area (Å²) in [6, 6.07) is 25.8. The first-order valence-electron chi connectivity index (χ1n) is 8.18. The fraction of sp³-hybridized carbons (Fsp3) is 0.227. The molecule has 1 heterocycles. The molecule has 1 nitrogen and oxygen atoms in total. The van der Waals surface area contributed by atoms with E-state index in [4.69, 9.17) is 4.98 Å². The number of fused-ring (bicyclic) bond motifs is 1. The summed E-state index contributed by atoms with van der Waals surface area (Å²) in [6.07, 6.45) is 0. The summed E-state index contributed by atoms with van der Waals surface area (Å²) in [5.41, 5.74) is 6.26. The van der Waals surface area contributed by atoms with E-state index >= 15 is 0 Å². The van der Waals surface area contributed by atoms with Crippen molar-refractivity contribution < 1.29 is 0 Å². The van der Waals surface area contributed by atoms with Gasteiger partial charge in [0.05, 0.1) is 16.8 Å². The fourth-order valence-corrected chi connectivity index (χ4v) is 3.53. The molecule has 0 radical (unpaired) electrons. The molecule has 1 unspecified atom stereocenters. The molecule has 4 rings (SSSR count). The third-order valence-electron chi connectivity index (χ3n) is 5.33. The fourth-order valence-electron chi connectivity index (χ4n) is 3.53.